The first-order valence-electron chi connectivity index (χ1n) is 5.10. The van der Waals surface area contributed by atoms with Gasteiger partial charge in [0, 0.05) is 11.3 Å². The predicted octanol–water partition coefficient (Wildman–Crippen LogP) is -6.64. The second-order valence-electron chi connectivity index (χ2n) is 3.60. The van der Waals surface area contributed by atoms with Crippen molar-refractivity contribution in [2.24, 2.45) is 0 Å². The van der Waals surface area contributed by atoms with Crippen LogP contribution in [0.4, 0.5) is 0 Å². The zero-order valence-electron chi connectivity index (χ0n) is 12.8. The van der Waals surface area contributed by atoms with E-state index in [1.165, 1.54) is 13.8 Å². The third kappa shape index (κ3) is 26.8. The van der Waals surface area contributed by atoms with Gasteiger partial charge in [-0.25, -0.2) is 13.2 Å². The van der Waals surface area contributed by atoms with Crippen molar-refractivity contribution in [3.63, 3.8) is 0 Å². The van der Waals surface area contributed by atoms with Crippen molar-refractivity contribution in [2.45, 2.75) is 20.3 Å². The van der Waals surface area contributed by atoms with Crippen molar-refractivity contribution in [3.8, 4) is 0 Å². The molecule has 0 aromatic heterocycles. The molecule has 10 heteroatoms. The number of carbonyl (C=O) groups excluding carboxylic acids is 2. The molecule has 0 atom stereocenters. The number of esters is 1. The van der Waals surface area contributed by atoms with Crippen molar-refractivity contribution < 1.29 is 135 Å². The van der Waals surface area contributed by atoms with E-state index in [1.54, 1.807) is 0 Å². The molecule has 0 saturated heterocycles. The summed E-state index contributed by atoms with van der Waals surface area (Å²) in [6, 6.07) is 0. The molecule has 0 spiro atoms. The van der Waals surface area contributed by atoms with Crippen LogP contribution in [0.5, 0.6) is 0 Å². The molecule has 0 fully saturated rings. The third-order valence-corrected chi connectivity index (χ3v) is 2.26. The average Bonchev–Trinajstić information content (AvgIpc) is 2.23. The molecule has 0 N–H and O–H groups in total. The van der Waals surface area contributed by atoms with Gasteiger partial charge < -0.3 is 19.2 Å². The van der Waals surface area contributed by atoms with Crippen LogP contribution in [0.25, 0.3) is 0 Å². The Balaban J connectivity index is -0.000000156. The van der Waals surface area contributed by atoms with Gasteiger partial charge in [0.05, 0.1) is 22.7 Å². The zero-order chi connectivity index (χ0) is 15.6. The van der Waals surface area contributed by atoms with Gasteiger partial charge in [-0.2, -0.15) is 0 Å². The second-order valence-corrected chi connectivity index (χ2v) is 5.12. The zero-order valence-corrected chi connectivity index (χ0v) is 19.9. The summed E-state index contributed by atoms with van der Waals surface area (Å²) < 4.78 is 34.8. The molecule has 0 bridgehead atoms. The first-order chi connectivity index (χ1) is 8.47. The van der Waals surface area contributed by atoms with E-state index in [-0.39, 0.29) is 127 Å². The number of rotatable bonds is 6. The molecule has 0 unspecified atom stereocenters. The maximum Gasteiger partial charge on any atom is 1.00 e. The summed E-state index contributed by atoms with van der Waals surface area (Å²) >= 11 is 0. The molecule has 0 radical (unpaired) electrons. The van der Waals surface area contributed by atoms with Gasteiger partial charge in [0.2, 0.25) is 0 Å². The smallest absolute Gasteiger partial charge is 0.748 e. The molecule has 0 heterocycles. The fraction of sp³-hybridized carbons (Fsp3) is 0.455. The van der Waals surface area contributed by atoms with Crippen LogP contribution in [-0.2, 0) is 24.4 Å². The van der Waals surface area contributed by atoms with Gasteiger partial charge in [-0.3, -0.25) is 0 Å². The minimum Gasteiger partial charge on any atom is -0.748 e. The average molecular weight is 371 g/mol. The van der Waals surface area contributed by atoms with Crippen molar-refractivity contribution >= 4 is 22.1 Å². The summed E-state index contributed by atoms with van der Waals surface area (Å²) in [7, 11) is -4.21. The van der Waals surface area contributed by atoms with Gasteiger partial charge in [-0.15, -0.1) is 0 Å². The molecular formula is C11H16K2O7S. The summed E-state index contributed by atoms with van der Waals surface area (Å²) in [6.45, 7) is 9.21. The van der Waals surface area contributed by atoms with Gasteiger partial charge in [-0.05, 0) is 25.8 Å². The van der Waals surface area contributed by atoms with Crippen molar-refractivity contribution in [1.82, 2.24) is 0 Å². The molecule has 0 amide bonds. The SMILES string of the molecule is C=C(C)C(=O)OCCCS(=O)(=O)[O-].C=C(C)C(=O)[O-].[K+].[K+]. The van der Waals surface area contributed by atoms with Crippen LogP contribution < -0.4 is 108 Å². The number of carboxylic acids is 1. The Morgan fingerprint density at radius 3 is 1.71 bits per heavy atom. The third-order valence-electron chi connectivity index (χ3n) is 1.47. The van der Waals surface area contributed by atoms with E-state index in [4.69, 9.17) is 0 Å². The first kappa shape index (κ1) is 30.5. The van der Waals surface area contributed by atoms with Crippen molar-refractivity contribution in [1.29, 1.82) is 0 Å². The molecule has 0 aromatic carbocycles. The van der Waals surface area contributed by atoms with Gasteiger partial charge in [0.15, 0.2) is 0 Å². The summed E-state index contributed by atoms with van der Waals surface area (Å²) in [4.78, 5) is 20.2. The van der Waals surface area contributed by atoms with Crippen LogP contribution in [0.2, 0.25) is 0 Å². The van der Waals surface area contributed by atoms with E-state index in [1.807, 2.05) is 0 Å². The molecule has 110 valence electrons. The standard InChI is InChI=1S/C7H12O5S.C4H6O2.2K/c1-6(2)7(8)12-4-3-5-13(9,10)11;1-3(2)4(5)6;;/h1,3-5H2,2H3,(H,9,10,11);1H2,2H3,(H,5,6);;/q;;2*+1/p-2. The Labute approximate surface area is 210 Å². The minimum atomic E-state index is -4.21. The maximum atomic E-state index is 10.7. The van der Waals surface area contributed by atoms with Crippen LogP contribution in [0.1, 0.15) is 20.3 Å². The van der Waals surface area contributed by atoms with Gasteiger partial charge >= 0.3 is 109 Å². The quantitative estimate of drug-likeness (QED) is 0.150. The van der Waals surface area contributed by atoms with Crippen molar-refractivity contribution in [3.05, 3.63) is 24.3 Å². The molecule has 0 aliphatic rings. The monoisotopic (exact) mass is 370 g/mol. The molecule has 0 rings (SSSR count). The van der Waals surface area contributed by atoms with E-state index in [0.717, 1.165) is 0 Å². The van der Waals surface area contributed by atoms with Crippen LogP contribution in [0, 0.1) is 0 Å². The Bertz CT molecular complexity index is 445. The summed E-state index contributed by atoms with van der Waals surface area (Å²) in [6.07, 6.45) is 0.0187. The van der Waals surface area contributed by atoms with Gasteiger partial charge in [-0.1, -0.05) is 13.2 Å². The number of ether oxygens (including phenoxy) is 1. The normalized spacial score (nSPS) is 8.90. The molecule has 0 aromatic rings. The molecular weight excluding hydrogens is 354 g/mol. The van der Waals surface area contributed by atoms with Crippen LogP contribution in [0.3, 0.4) is 0 Å². The number of aliphatic carboxylic acids is 1. The van der Waals surface area contributed by atoms with E-state index in [2.05, 4.69) is 17.9 Å². The Kier molecular flexibility index (Phi) is 23.9. The number of hydrogen-bond acceptors (Lipinski definition) is 7. The van der Waals surface area contributed by atoms with E-state index < -0.39 is 27.8 Å². The van der Waals surface area contributed by atoms with E-state index in [0.29, 0.717) is 0 Å². The van der Waals surface area contributed by atoms with E-state index >= 15 is 0 Å². The molecule has 0 aliphatic carbocycles. The fourth-order valence-corrected chi connectivity index (χ4v) is 0.995. The summed E-state index contributed by atoms with van der Waals surface area (Å²) in [5, 5.41) is 9.49. The fourth-order valence-electron chi connectivity index (χ4n) is 0.524. The van der Waals surface area contributed by atoms with Gasteiger partial charge in [0.1, 0.15) is 0 Å². The van der Waals surface area contributed by atoms with Crippen LogP contribution in [0.15, 0.2) is 24.3 Å². The molecule has 21 heavy (non-hydrogen) atoms. The number of hydrogen-bond donors (Lipinski definition) is 0. The Morgan fingerprint density at radius 1 is 1.10 bits per heavy atom. The second kappa shape index (κ2) is 16.5. The number of carboxylic acid groups (broad SMARTS) is 1. The van der Waals surface area contributed by atoms with Crippen molar-refractivity contribution in [2.75, 3.05) is 12.4 Å². The topological polar surface area (TPSA) is 124 Å². The summed E-state index contributed by atoms with van der Waals surface area (Å²) in [5.41, 5.74) is 0.306. The van der Waals surface area contributed by atoms with Crippen LogP contribution in [-0.4, -0.2) is 37.3 Å². The first-order valence-corrected chi connectivity index (χ1v) is 6.68. The largest absolute Gasteiger partial charge is 1.00 e. The summed E-state index contributed by atoms with van der Waals surface area (Å²) in [5.74, 6) is -2.28. The maximum absolute atomic E-state index is 10.7. The predicted molar refractivity (Wildman–Crippen MR) is 64.8 cm³/mol. The van der Waals surface area contributed by atoms with Gasteiger partial charge in [0.25, 0.3) is 0 Å². The molecule has 0 saturated carbocycles. The Morgan fingerprint density at radius 2 is 1.48 bits per heavy atom. The van der Waals surface area contributed by atoms with E-state index in [9.17, 15) is 27.7 Å². The van der Waals surface area contributed by atoms with Crippen LogP contribution >= 0.6 is 0 Å². The Hall–Kier alpha value is 1.60. The molecule has 7 nitrogen and oxygen atoms in total. The minimum absolute atomic E-state index is 0. The molecule has 0 aliphatic heterocycles. The number of carbonyl (C=O) groups is 2.